The van der Waals surface area contributed by atoms with Crippen LogP contribution in [0.3, 0.4) is 0 Å². The Hall–Kier alpha value is -1.43. The van der Waals surface area contributed by atoms with Crippen molar-refractivity contribution in [1.82, 2.24) is 20.8 Å². The molecule has 6 nitrogen and oxygen atoms in total. The van der Waals surface area contributed by atoms with Crippen LogP contribution < -0.4 is 10.6 Å². The van der Waals surface area contributed by atoms with Crippen molar-refractivity contribution in [2.24, 2.45) is 0 Å². The maximum atomic E-state index is 11.2. The Bertz CT molecular complexity index is 259. The molecule has 2 N–H and O–H groups in total. The predicted octanol–water partition coefficient (Wildman–Crippen LogP) is -0.706. The number of hydrogen-bond acceptors (Lipinski definition) is 5. The lowest BCUT2D eigenvalue weighted by Crippen LogP contribution is -2.40. The second-order valence-corrected chi connectivity index (χ2v) is 2.58. The summed E-state index contributed by atoms with van der Waals surface area (Å²) in [4.78, 5) is 15.0. The molecule has 0 aliphatic heterocycles. The molecule has 1 aromatic rings. The number of amides is 1. The Morgan fingerprint density at radius 3 is 3.08 bits per heavy atom. The lowest BCUT2D eigenvalue weighted by molar-refractivity contribution is -0.122. The zero-order valence-electron chi connectivity index (χ0n) is 7.57. The van der Waals surface area contributed by atoms with Crippen LogP contribution in [-0.4, -0.2) is 29.1 Å². The first-order chi connectivity index (χ1) is 6.24. The summed E-state index contributed by atoms with van der Waals surface area (Å²) >= 11 is 0. The number of carbonyl (C=O) groups is 1. The SMILES string of the molecule is CNC(C)C(=O)NCc1ncon1. The molecule has 0 saturated heterocycles. The molecule has 0 aromatic carbocycles. The molecule has 13 heavy (non-hydrogen) atoms. The second kappa shape index (κ2) is 4.56. The van der Waals surface area contributed by atoms with Crippen LogP contribution in [0.15, 0.2) is 10.9 Å². The van der Waals surface area contributed by atoms with E-state index in [1.54, 1.807) is 14.0 Å². The van der Waals surface area contributed by atoms with E-state index in [1.165, 1.54) is 6.39 Å². The summed E-state index contributed by atoms with van der Waals surface area (Å²) in [7, 11) is 1.72. The van der Waals surface area contributed by atoms with Gasteiger partial charge in [0, 0.05) is 0 Å². The molecule has 1 aromatic heterocycles. The molecule has 1 heterocycles. The van der Waals surface area contributed by atoms with E-state index in [4.69, 9.17) is 0 Å². The standard InChI is InChI=1S/C7H12N4O2/c1-5(8-2)7(12)9-3-6-10-4-13-11-6/h4-5,8H,3H2,1-2H3,(H,9,12). The summed E-state index contributed by atoms with van der Waals surface area (Å²) < 4.78 is 4.51. The van der Waals surface area contributed by atoms with Gasteiger partial charge in [0.2, 0.25) is 12.3 Å². The lowest BCUT2D eigenvalue weighted by atomic mass is 10.3. The highest BCUT2D eigenvalue weighted by atomic mass is 16.5. The van der Waals surface area contributed by atoms with Crippen LogP contribution in [0, 0.1) is 0 Å². The van der Waals surface area contributed by atoms with Crippen LogP contribution in [-0.2, 0) is 11.3 Å². The minimum Gasteiger partial charge on any atom is -0.347 e. The first kappa shape index (κ1) is 9.66. The van der Waals surface area contributed by atoms with Crippen molar-refractivity contribution in [2.45, 2.75) is 19.5 Å². The number of nitrogens with zero attached hydrogens (tertiary/aromatic N) is 2. The number of rotatable bonds is 4. The summed E-state index contributed by atoms with van der Waals surface area (Å²) in [6.45, 7) is 2.06. The first-order valence-corrected chi connectivity index (χ1v) is 3.94. The second-order valence-electron chi connectivity index (χ2n) is 2.58. The zero-order valence-corrected chi connectivity index (χ0v) is 7.57. The normalized spacial score (nSPS) is 12.5. The van der Waals surface area contributed by atoms with Crippen molar-refractivity contribution in [3.63, 3.8) is 0 Å². The molecule has 1 unspecified atom stereocenters. The number of nitrogens with one attached hydrogen (secondary N) is 2. The van der Waals surface area contributed by atoms with Gasteiger partial charge in [0.15, 0.2) is 5.82 Å². The van der Waals surface area contributed by atoms with Crippen molar-refractivity contribution in [2.75, 3.05) is 7.05 Å². The van der Waals surface area contributed by atoms with Crippen molar-refractivity contribution in [3.05, 3.63) is 12.2 Å². The van der Waals surface area contributed by atoms with E-state index in [0.29, 0.717) is 12.4 Å². The van der Waals surface area contributed by atoms with E-state index in [0.717, 1.165) is 0 Å². The average molecular weight is 184 g/mol. The highest BCUT2D eigenvalue weighted by Gasteiger charge is 2.09. The molecule has 1 amide bonds. The number of likely N-dealkylation sites (N-methyl/N-ethyl adjacent to an activating group) is 1. The van der Waals surface area contributed by atoms with Crippen LogP contribution in [0.4, 0.5) is 0 Å². The summed E-state index contributed by atoms with van der Waals surface area (Å²) in [6, 6.07) is -0.216. The number of carbonyl (C=O) groups excluding carboxylic acids is 1. The van der Waals surface area contributed by atoms with Gasteiger partial charge in [-0.1, -0.05) is 5.16 Å². The molecule has 0 radical (unpaired) electrons. The highest BCUT2D eigenvalue weighted by molar-refractivity contribution is 5.81. The fourth-order valence-electron chi connectivity index (χ4n) is 0.721. The molecular weight excluding hydrogens is 172 g/mol. The van der Waals surface area contributed by atoms with Gasteiger partial charge in [0.25, 0.3) is 0 Å². The average Bonchev–Trinajstić information content (AvgIpc) is 2.65. The van der Waals surface area contributed by atoms with Gasteiger partial charge in [-0.2, -0.15) is 4.98 Å². The Balaban J connectivity index is 2.31. The van der Waals surface area contributed by atoms with Crippen LogP contribution in [0.5, 0.6) is 0 Å². The molecule has 0 saturated carbocycles. The van der Waals surface area contributed by atoms with Gasteiger partial charge in [-0.25, -0.2) is 0 Å². The highest BCUT2D eigenvalue weighted by Crippen LogP contribution is 1.87. The molecule has 0 aliphatic carbocycles. The van der Waals surface area contributed by atoms with Gasteiger partial charge >= 0.3 is 0 Å². The van der Waals surface area contributed by atoms with Crippen molar-refractivity contribution >= 4 is 5.91 Å². The molecule has 1 atom stereocenters. The fourth-order valence-corrected chi connectivity index (χ4v) is 0.721. The Labute approximate surface area is 75.7 Å². The maximum Gasteiger partial charge on any atom is 0.237 e. The fraction of sp³-hybridized carbons (Fsp3) is 0.571. The Morgan fingerprint density at radius 1 is 1.77 bits per heavy atom. The molecule has 1 rings (SSSR count). The molecule has 0 fully saturated rings. The third kappa shape index (κ3) is 2.83. The molecule has 72 valence electrons. The molecule has 6 heteroatoms. The summed E-state index contributed by atoms with van der Waals surface area (Å²) in [5.41, 5.74) is 0. The van der Waals surface area contributed by atoms with Gasteiger partial charge in [-0.15, -0.1) is 0 Å². The summed E-state index contributed by atoms with van der Waals surface area (Å²) in [5.74, 6) is 0.379. The van der Waals surface area contributed by atoms with Crippen LogP contribution in [0.1, 0.15) is 12.7 Å². The van der Waals surface area contributed by atoms with Gasteiger partial charge in [-0.3, -0.25) is 4.79 Å². The van der Waals surface area contributed by atoms with Gasteiger partial charge in [0.05, 0.1) is 12.6 Å². The first-order valence-electron chi connectivity index (χ1n) is 3.94. The summed E-state index contributed by atoms with van der Waals surface area (Å²) in [6.07, 6.45) is 1.23. The van der Waals surface area contributed by atoms with E-state index in [2.05, 4.69) is 25.3 Å². The predicted molar refractivity (Wildman–Crippen MR) is 44.7 cm³/mol. The number of aromatic nitrogens is 2. The zero-order chi connectivity index (χ0) is 9.68. The molecular formula is C7H12N4O2. The minimum atomic E-state index is -0.216. The van der Waals surface area contributed by atoms with Crippen molar-refractivity contribution in [1.29, 1.82) is 0 Å². The third-order valence-corrected chi connectivity index (χ3v) is 1.65. The van der Waals surface area contributed by atoms with E-state index in [9.17, 15) is 4.79 Å². The van der Waals surface area contributed by atoms with Crippen LogP contribution in [0.25, 0.3) is 0 Å². The Kier molecular flexibility index (Phi) is 3.39. The largest absolute Gasteiger partial charge is 0.347 e. The van der Waals surface area contributed by atoms with Crippen molar-refractivity contribution < 1.29 is 9.32 Å². The lowest BCUT2D eigenvalue weighted by Gasteiger charge is -2.08. The maximum absolute atomic E-state index is 11.2. The van der Waals surface area contributed by atoms with Gasteiger partial charge in [-0.05, 0) is 14.0 Å². The molecule has 0 bridgehead atoms. The van der Waals surface area contributed by atoms with E-state index >= 15 is 0 Å². The Morgan fingerprint density at radius 2 is 2.54 bits per heavy atom. The smallest absolute Gasteiger partial charge is 0.237 e. The van der Waals surface area contributed by atoms with E-state index < -0.39 is 0 Å². The van der Waals surface area contributed by atoms with Gasteiger partial charge < -0.3 is 15.2 Å². The molecule has 0 spiro atoms. The number of hydrogen-bond donors (Lipinski definition) is 2. The minimum absolute atomic E-state index is 0.0905. The quantitative estimate of drug-likeness (QED) is 0.646. The topological polar surface area (TPSA) is 80.0 Å². The molecule has 0 aliphatic rings. The monoisotopic (exact) mass is 184 g/mol. The van der Waals surface area contributed by atoms with Crippen molar-refractivity contribution in [3.8, 4) is 0 Å². The van der Waals surface area contributed by atoms with Gasteiger partial charge in [0.1, 0.15) is 0 Å². The summed E-state index contributed by atoms with van der Waals surface area (Å²) in [5, 5.41) is 9.02. The van der Waals surface area contributed by atoms with E-state index in [-0.39, 0.29) is 11.9 Å². The van der Waals surface area contributed by atoms with Crippen LogP contribution >= 0.6 is 0 Å². The van der Waals surface area contributed by atoms with E-state index in [1.807, 2.05) is 0 Å². The van der Waals surface area contributed by atoms with Crippen LogP contribution in [0.2, 0.25) is 0 Å². The third-order valence-electron chi connectivity index (χ3n) is 1.65.